The summed E-state index contributed by atoms with van der Waals surface area (Å²) in [5, 5.41) is 6.77. The molecule has 0 radical (unpaired) electrons. The van der Waals surface area contributed by atoms with Crippen LogP contribution in [0.4, 0.5) is 0 Å². The summed E-state index contributed by atoms with van der Waals surface area (Å²) < 4.78 is 32.1. The predicted molar refractivity (Wildman–Crippen MR) is 91.5 cm³/mol. The van der Waals surface area contributed by atoms with Crippen LogP contribution in [-0.4, -0.2) is 41.2 Å². The van der Waals surface area contributed by atoms with E-state index in [1.165, 1.54) is 10.6 Å². The number of aromatic nitrogens is 2. The lowest BCUT2D eigenvalue weighted by Crippen LogP contribution is -2.29. The average Bonchev–Trinajstić information content (AvgIpc) is 2.99. The van der Waals surface area contributed by atoms with Gasteiger partial charge in [-0.2, -0.15) is 4.31 Å². The van der Waals surface area contributed by atoms with Crippen molar-refractivity contribution in [3.05, 3.63) is 40.5 Å². The van der Waals surface area contributed by atoms with E-state index in [0.717, 1.165) is 17.0 Å². The number of nitrogens with zero attached hydrogens (tertiary/aromatic N) is 3. The van der Waals surface area contributed by atoms with Crippen molar-refractivity contribution in [2.45, 2.75) is 39.9 Å². The molecule has 3 rings (SSSR count). The monoisotopic (exact) mass is 366 g/mol. The number of carbonyl (C=O) groups is 1. The number of carbonyl (C=O) groups excluding carboxylic acids is 1. The van der Waals surface area contributed by atoms with Crippen molar-refractivity contribution < 1.29 is 17.7 Å². The Kier molecular flexibility index (Phi) is 4.70. The molecule has 0 saturated heterocycles. The zero-order valence-electron chi connectivity index (χ0n) is 14.6. The highest BCUT2D eigenvalue weighted by Gasteiger charge is 2.24. The highest BCUT2D eigenvalue weighted by molar-refractivity contribution is 7.88. The minimum absolute atomic E-state index is 0.195. The second-order valence-corrected chi connectivity index (χ2v) is 8.28. The minimum Gasteiger partial charge on any atom is -0.361 e. The van der Waals surface area contributed by atoms with Crippen LogP contribution in [0.5, 0.6) is 0 Å². The Morgan fingerprint density at radius 2 is 2.08 bits per heavy atom. The van der Waals surface area contributed by atoms with E-state index in [0.29, 0.717) is 37.5 Å². The summed E-state index contributed by atoms with van der Waals surface area (Å²) in [6.07, 6.45) is 1.88. The first-order chi connectivity index (χ1) is 11.8. The van der Waals surface area contributed by atoms with Crippen LogP contribution in [0.25, 0.3) is 0 Å². The minimum atomic E-state index is -3.25. The van der Waals surface area contributed by atoms with Crippen LogP contribution in [0.2, 0.25) is 0 Å². The van der Waals surface area contributed by atoms with Gasteiger partial charge in [0.15, 0.2) is 0 Å². The van der Waals surface area contributed by atoms with Gasteiger partial charge in [0.2, 0.25) is 10.0 Å². The van der Waals surface area contributed by atoms with E-state index >= 15 is 0 Å². The van der Waals surface area contributed by atoms with Gasteiger partial charge < -0.3 is 14.4 Å². The zero-order chi connectivity index (χ0) is 18.2. The van der Waals surface area contributed by atoms with Crippen molar-refractivity contribution in [3.63, 3.8) is 0 Å². The smallest absolute Gasteiger partial charge is 0.268 e. The predicted octanol–water partition coefficient (Wildman–Crippen LogP) is 1.19. The third-order valence-electron chi connectivity index (χ3n) is 4.51. The molecule has 0 spiro atoms. The molecule has 1 amide bonds. The summed E-state index contributed by atoms with van der Waals surface area (Å²) in [7, 11) is -3.25. The number of amides is 1. The fourth-order valence-corrected chi connectivity index (χ4v) is 3.90. The molecule has 25 heavy (non-hydrogen) atoms. The molecule has 0 bridgehead atoms. The summed E-state index contributed by atoms with van der Waals surface area (Å²) in [6, 6.07) is 3.55. The van der Waals surface area contributed by atoms with Crippen molar-refractivity contribution in [2.75, 3.05) is 12.8 Å². The Hall–Kier alpha value is -2.13. The zero-order valence-corrected chi connectivity index (χ0v) is 15.4. The van der Waals surface area contributed by atoms with E-state index in [1.807, 2.05) is 24.5 Å². The molecule has 2 aromatic heterocycles. The van der Waals surface area contributed by atoms with E-state index in [2.05, 4.69) is 10.5 Å². The molecule has 1 aliphatic rings. The quantitative estimate of drug-likeness (QED) is 0.876. The first-order valence-electron chi connectivity index (χ1n) is 8.11. The van der Waals surface area contributed by atoms with E-state index < -0.39 is 10.0 Å². The van der Waals surface area contributed by atoms with Crippen molar-refractivity contribution >= 4 is 15.9 Å². The van der Waals surface area contributed by atoms with Gasteiger partial charge in [0.1, 0.15) is 11.5 Å². The van der Waals surface area contributed by atoms with Gasteiger partial charge in [-0.25, -0.2) is 8.42 Å². The SMILES string of the molecule is Cc1noc(C)c1CNC(=O)c1ccc2n1CCCN(S(C)(=O)=O)C2. The van der Waals surface area contributed by atoms with Gasteiger partial charge in [-0.05, 0) is 32.4 Å². The maximum Gasteiger partial charge on any atom is 0.268 e. The van der Waals surface area contributed by atoms with Crippen LogP contribution in [-0.2, 0) is 29.7 Å². The van der Waals surface area contributed by atoms with Crippen LogP contribution < -0.4 is 5.32 Å². The highest BCUT2D eigenvalue weighted by Crippen LogP contribution is 2.19. The van der Waals surface area contributed by atoms with Gasteiger partial charge in [0, 0.05) is 30.9 Å². The molecule has 8 nitrogen and oxygen atoms in total. The van der Waals surface area contributed by atoms with Gasteiger partial charge in [0.25, 0.3) is 5.91 Å². The van der Waals surface area contributed by atoms with Gasteiger partial charge in [-0.15, -0.1) is 0 Å². The fourth-order valence-electron chi connectivity index (χ4n) is 3.07. The molecule has 9 heteroatoms. The largest absolute Gasteiger partial charge is 0.361 e. The summed E-state index contributed by atoms with van der Waals surface area (Å²) in [4.78, 5) is 12.6. The Morgan fingerprint density at radius 1 is 1.32 bits per heavy atom. The maximum absolute atomic E-state index is 12.6. The number of rotatable bonds is 4. The van der Waals surface area contributed by atoms with Gasteiger partial charge in [0.05, 0.1) is 18.5 Å². The van der Waals surface area contributed by atoms with E-state index in [1.54, 1.807) is 6.07 Å². The summed E-state index contributed by atoms with van der Waals surface area (Å²) in [5.41, 5.74) is 3.00. The number of sulfonamides is 1. The van der Waals surface area contributed by atoms with E-state index in [9.17, 15) is 13.2 Å². The molecule has 2 aromatic rings. The van der Waals surface area contributed by atoms with Crippen molar-refractivity contribution in [1.82, 2.24) is 19.3 Å². The summed E-state index contributed by atoms with van der Waals surface area (Å²) in [6.45, 7) is 5.35. The topological polar surface area (TPSA) is 97.4 Å². The number of hydrogen-bond acceptors (Lipinski definition) is 5. The molecule has 0 atom stereocenters. The van der Waals surface area contributed by atoms with Crippen LogP contribution in [0.3, 0.4) is 0 Å². The Balaban J connectivity index is 1.76. The highest BCUT2D eigenvalue weighted by atomic mass is 32.2. The number of aryl methyl sites for hydroxylation is 2. The first kappa shape index (κ1) is 17.7. The second kappa shape index (κ2) is 6.64. The van der Waals surface area contributed by atoms with Crippen LogP contribution in [0, 0.1) is 13.8 Å². The van der Waals surface area contributed by atoms with E-state index in [-0.39, 0.29) is 12.5 Å². The first-order valence-corrected chi connectivity index (χ1v) is 9.95. The van der Waals surface area contributed by atoms with Crippen molar-refractivity contribution in [1.29, 1.82) is 0 Å². The molecule has 0 unspecified atom stereocenters. The molecule has 136 valence electrons. The van der Waals surface area contributed by atoms with Gasteiger partial charge in [-0.1, -0.05) is 5.16 Å². The molecule has 0 saturated carbocycles. The lowest BCUT2D eigenvalue weighted by atomic mass is 10.2. The third kappa shape index (κ3) is 3.62. The summed E-state index contributed by atoms with van der Waals surface area (Å²) in [5.74, 6) is 0.495. The molecule has 0 fully saturated rings. The van der Waals surface area contributed by atoms with Crippen molar-refractivity contribution in [2.24, 2.45) is 0 Å². The number of hydrogen-bond donors (Lipinski definition) is 1. The molecule has 1 N–H and O–H groups in total. The third-order valence-corrected chi connectivity index (χ3v) is 5.76. The molecular formula is C16H22N4O4S. The average molecular weight is 366 g/mol. The normalized spacial score (nSPS) is 15.6. The molecule has 3 heterocycles. The lowest BCUT2D eigenvalue weighted by molar-refractivity contribution is 0.0941. The number of fused-ring (bicyclic) bond motifs is 1. The standard InChI is InChI=1S/C16H22N4O4S/c1-11-14(12(2)24-18-11)9-17-16(21)15-6-5-13-10-19(25(3,22)23)7-4-8-20(13)15/h5-6H,4,7-10H2,1-3H3,(H,17,21). The Morgan fingerprint density at radius 3 is 2.72 bits per heavy atom. The molecule has 1 aliphatic heterocycles. The molecular weight excluding hydrogens is 344 g/mol. The van der Waals surface area contributed by atoms with Crippen LogP contribution in [0.15, 0.2) is 16.7 Å². The Labute approximate surface area is 146 Å². The maximum atomic E-state index is 12.6. The lowest BCUT2D eigenvalue weighted by Gasteiger charge is -2.16. The fraction of sp³-hybridized carbons (Fsp3) is 0.500. The van der Waals surface area contributed by atoms with Gasteiger partial charge >= 0.3 is 0 Å². The van der Waals surface area contributed by atoms with Gasteiger partial charge in [-0.3, -0.25) is 4.79 Å². The van der Waals surface area contributed by atoms with Crippen molar-refractivity contribution in [3.8, 4) is 0 Å². The molecule has 0 aliphatic carbocycles. The molecule has 0 aromatic carbocycles. The van der Waals surface area contributed by atoms with Crippen LogP contribution in [0.1, 0.15) is 39.6 Å². The van der Waals surface area contributed by atoms with E-state index in [4.69, 9.17) is 4.52 Å². The number of nitrogens with one attached hydrogen (secondary N) is 1. The summed E-state index contributed by atoms with van der Waals surface area (Å²) >= 11 is 0. The van der Waals surface area contributed by atoms with Crippen LogP contribution >= 0.6 is 0 Å². The second-order valence-electron chi connectivity index (χ2n) is 6.30. The Bertz CT molecular complexity index is 878.